The van der Waals surface area contributed by atoms with Gasteiger partial charge in [-0.1, -0.05) is 31.2 Å². The summed E-state index contributed by atoms with van der Waals surface area (Å²) in [5.74, 6) is 0.291. The predicted molar refractivity (Wildman–Crippen MR) is 91.5 cm³/mol. The van der Waals surface area contributed by atoms with Crippen LogP contribution in [0.5, 0.6) is 0 Å². The zero-order valence-corrected chi connectivity index (χ0v) is 14.4. The van der Waals surface area contributed by atoms with Crippen molar-refractivity contribution in [1.82, 2.24) is 14.8 Å². The van der Waals surface area contributed by atoms with Crippen molar-refractivity contribution >= 4 is 11.9 Å². The van der Waals surface area contributed by atoms with Gasteiger partial charge >= 0.3 is 5.97 Å². The Labute approximate surface area is 141 Å². The fourth-order valence-electron chi connectivity index (χ4n) is 2.88. The molecular formula is C18H22N4O2. The first-order chi connectivity index (χ1) is 11.5. The van der Waals surface area contributed by atoms with Gasteiger partial charge in [0.25, 0.3) is 0 Å². The first-order valence-electron chi connectivity index (χ1n) is 8.18. The van der Waals surface area contributed by atoms with Gasteiger partial charge in [-0.15, -0.1) is 0 Å². The monoisotopic (exact) mass is 326 g/mol. The second kappa shape index (κ2) is 6.47. The minimum atomic E-state index is -0.346. The molecule has 6 nitrogen and oxygen atoms in total. The third kappa shape index (κ3) is 2.91. The van der Waals surface area contributed by atoms with Crippen molar-refractivity contribution < 1.29 is 9.53 Å². The van der Waals surface area contributed by atoms with Crippen LogP contribution in [0.2, 0.25) is 0 Å². The van der Waals surface area contributed by atoms with Gasteiger partial charge in [0.05, 0.1) is 11.7 Å². The molecule has 126 valence electrons. The molecule has 1 atom stereocenters. The summed E-state index contributed by atoms with van der Waals surface area (Å²) in [6.07, 6.45) is 2.27. The topological polar surface area (TPSA) is 69.0 Å². The molecule has 2 heterocycles. The number of nitrogens with one attached hydrogen (secondary N) is 1. The van der Waals surface area contributed by atoms with Crippen LogP contribution in [0.15, 0.2) is 41.9 Å². The van der Waals surface area contributed by atoms with Crippen molar-refractivity contribution in [3.63, 3.8) is 0 Å². The normalized spacial score (nSPS) is 16.8. The van der Waals surface area contributed by atoms with Gasteiger partial charge in [0.15, 0.2) is 0 Å². The van der Waals surface area contributed by atoms with Crippen LogP contribution in [-0.2, 0) is 16.0 Å². The number of carbonyl (C=O) groups excluding carboxylic acids is 1. The minimum Gasteiger partial charge on any atom is -0.459 e. The largest absolute Gasteiger partial charge is 0.459 e. The quantitative estimate of drug-likeness (QED) is 0.875. The van der Waals surface area contributed by atoms with Crippen LogP contribution >= 0.6 is 0 Å². The number of allylic oxidation sites excluding steroid dienone is 1. The lowest BCUT2D eigenvalue weighted by Gasteiger charge is -2.28. The van der Waals surface area contributed by atoms with Gasteiger partial charge in [-0.25, -0.2) is 9.48 Å². The molecule has 0 amide bonds. The maximum Gasteiger partial charge on any atom is 0.338 e. The zero-order chi connectivity index (χ0) is 17.3. The summed E-state index contributed by atoms with van der Waals surface area (Å²) in [7, 11) is 0. The average molecular weight is 326 g/mol. The molecule has 24 heavy (non-hydrogen) atoms. The van der Waals surface area contributed by atoms with Gasteiger partial charge in [-0.3, -0.25) is 0 Å². The summed E-state index contributed by atoms with van der Waals surface area (Å²) in [5, 5.41) is 7.44. The Morgan fingerprint density at radius 2 is 2.04 bits per heavy atom. The molecule has 0 aliphatic carbocycles. The Hall–Kier alpha value is -2.63. The van der Waals surface area contributed by atoms with Crippen molar-refractivity contribution in [2.45, 2.75) is 46.3 Å². The number of fused-ring (bicyclic) bond motifs is 1. The van der Waals surface area contributed by atoms with Crippen LogP contribution in [0.3, 0.4) is 0 Å². The van der Waals surface area contributed by atoms with E-state index in [1.54, 1.807) is 4.68 Å². The maximum atomic E-state index is 12.7. The highest BCUT2D eigenvalue weighted by Crippen LogP contribution is 2.35. The van der Waals surface area contributed by atoms with E-state index in [-0.39, 0.29) is 18.1 Å². The summed E-state index contributed by atoms with van der Waals surface area (Å²) < 4.78 is 7.18. The van der Waals surface area contributed by atoms with Crippen LogP contribution in [-0.4, -0.2) is 26.8 Å². The number of esters is 1. The maximum absolute atomic E-state index is 12.7. The standard InChI is InChI=1S/C18H22N4O2/c1-5-13-6-8-14(9-7-13)16-15(17(23)24-11(2)3)12(4)21-18-19-10-20-22(16)18/h6-11,16H,5H2,1-4H3,(H,19,20,21)/t16-/m1/s1. The Kier molecular flexibility index (Phi) is 4.38. The summed E-state index contributed by atoms with van der Waals surface area (Å²) in [6, 6.07) is 7.89. The Bertz CT molecular complexity index is 775. The summed E-state index contributed by atoms with van der Waals surface area (Å²) in [4.78, 5) is 16.9. The van der Waals surface area contributed by atoms with Crippen LogP contribution < -0.4 is 5.32 Å². The molecule has 1 N–H and O–H groups in total. The molecule has 0 fully saturated rings. The molecule has 1 aromatic carbocycles. The lowest BCUT2D eigenvalue weighted by Crippen LogP contribution is -2.30. The molecule has 2 aromatic rings. The van der Waals surface area contributed by atoms with E-state index in [4.69, 9.17) is 4.74 Å². The van der Waals surface area contributed by atoms with Gasteiger partial charge in [-0.2, -0.15) is 10.1 Å². The first-order valence-corrected chi connectivity index (χ1v) is 8.18. The number of anilines is 1. The lowest BCUT2D eigenvalue weighted by atomic mass is 9.94. The van der Waals surface area contributed by atoms with Crippen LogP contribution in [0.1, 0.15) is 44.9 Å². The van der Waals surface area contributed by atoms with Crippen LogP contribution in [0.4, 0.5) is 5.95 Å². The molecule has 3 rings (SSSR count). The molecular weight excluding hydrogens is 304 g/mol. The molecule has 1 aliphatic heterocycles. The van der Waals surface area contributed by atoms with E-state index in [2.05, 4.69) is 34.5 Å². The fraction of sp³-hybridized carbons (Fsp3) is 0.389. The predicted octanol–water partition coefficient (Wildman–Crippen LogP) is 3.08. The van der Waals surface area contributed by atoms with Crippen LogP contribution in [0, 0.1) is 0 Å². The Balaban J connectivity index is 2.08. The minimum absolute atomic E-state index is 0.182. The second-order valence-corrected chi connectivity index (χ2v) is 6.14. The van der Waals surface area contributed by atoms with Crippen LogP contribution in [0.25, 0.3) is 0 Å². The number of aromatic nitrogens is 3. The molecule has 0 saturated heterocycles. The van der Waals surface area contributed by atoms with Gasteiger partial charge in [0.1, 0.15) is 12.4 Å². The van der Waals surface area contributed by atoms with E-state index >= 15 is 0 Å². The number of carbonyl (C=O) groups is 1. The first kappa shape index (κ1) is 16.2. The number of aryl methyl sites for hydroxylation is 1. The van der Waals surface area contributed by atoms with Crippen molar-refractivity contribution in [1.29, 1.82) is 0 Å². The van der Waals surface area contributed by atoms with E-state index in [1.165, 1.54) is 11.9 Å². The highest BCUT2D eigenvalue weighted by Gasteiger charge is 2.34. The third-order valence-electron chi connectivity index (χ3n) is 4.06. The van der Waals surface area contributed by atoms with E-state index in [9.17, 15) is 4.79 Å². The SMILES string of the molecule is CCc1ccc([C@@H]2C(C(=O)OC(C)C)=C(C)Nc3ncnn32)cc1. The van der Waals surface area contributed by atoms with Crippen molar-refractivity contribution in [3.8, 4) is 0 Å². The van der Waals surface area contributed by atoms with Gasteiger partial charge in [0, 0.05) is 5.70 Å². The highest BCUT2D eigenvalue weighted by atomic mass is 16.5. The van der Waals surface area contributed by atoms with Crippen molar-refractivity contribution in [2.75, 3.05) is 5.32 Å². The lowest BCUT2D eigenvalue weighted by molar-refractivity contribution is -0.143. The molecule has 0 unspecified atom stereocenters. The smallest absolute Gasteiger partial charge is 0.338 e. The molecule has 1 aliphatic rings. The average Bonchev–Trinajstić information content (AvgIpc) is 3.00. The number of rotatable bonds is 4. The number of ether oxygens (including phenoxy) is 1. The Morgan fingerprint density at radius 1 is 1.33 bits per heavy atom. The van der Waals surface area contributed by atoms with E-state index < -0.39 is 0 Å². The van der Waals surface area contributed by atoms with Gasteiger partial charge in [-0.05, 0) is 38.3 Å². The number of benzene rings is 1. The number of nitrogens with zero attached hydrogens (tertiary/aromatic N) is 3. The summed E-state index contributed by atoms with van der Waals surface area (Å²) in [5.41, 5.74) is 3.53. The van der Waals surface area contributed by atoms with Gasteiger partial charge < -0.3 is 10.1 Å². The molecule has 1 aromatic heterocycles. The van der Waals surface area contributed by atoms with Gasteiger partial charge in [0.2, 0.25) is 5.95 Å². The number of hydrogen-bond donors (Lipinski definition) is 1. The zero-order valence-electron chi connectivity index (χ0n) is 14.4. The summed E-state index contributed by atoms with van der Waals surface area (Å²) in [6.45, 7) is 7.67. The molecule has 0 spiro atoms. The highest BCUT2D eigenvalue weighted by molar-refractivity contribution is 5.92. The molecule has 0 bridgehead atoms. The van der Waals surface area contributed by atoms with E-state index in [0.717, 1.165) is 17.7 Å². The molecule has 0 saturated carbocycles. The number of hydrogen-bond acceptors (Lipinski definition) is 5. The summed E-state index contributed by atoms with van der Waals surface area (Å²) >= 11 is 0. The second-order valence-electron chi connectivity index (χ2n) is 6.14. The van der Waals surface area contributed by atoms with Crippen molar-refractivity contribution in [3.05, 3.63) is 53.0 Å². The van der Waals surface area contributed by atoms with Crippen molar-refractivity contribution in [2.24, 2.45) is 0 Å². The Morgan fingerprint density at radius 3 is 2.67 bits per heavy atom. The fourth-order valence-corrected chi connectivity index (χ4v) is 2.88. The molecule has 0 radical (unpaired) electrons. The van der Waals surface area contributed by atoms with E-state index in [1.807, 2.05) is 32.9 Å². The molecule has 6 heteroatoms. The van der Waals surface area contributed by atoms with E-state index in [0.29, 0.717) is 11.5 Å². The third-order valence-corrected chi connectivity index (χ3v) is 4.06.